The van der Waals surface area contributed by atoms with Gasteiger partial charge in [0, 0.05) is 31.5 Å². The molecule has 0 radical (unpaired) electrons. The van der Waals surface area contributed by atoms with E-state index in [0.29, 0.717) is 41.1 Å². The van der Waals surface area contributed by atoms with Gasteiger partial charge in [0.2, 0.25) is 10.0 Å². The minimum atomic E-state index is -3.51. The number of rotatable bonds is 8. The minimum Gasteiger partial charge on any atom is -0.352 e. The second-order valence-electron chi connectivity index (χ2n) is 7.62. The number of amides is 1. The third-order valence-electron chi connectivity index (χ3n) is 5.35. The Bertz CT molecular complexity index is 1380. The predicted molar refractivity (Wildman–Crippen MR) is 130 cm³/mol. The fourth-order valence-corrected chi connectivity index (χ4v) is 4.27. The zero-order valence-corrected chi connectivity index (χ0v) is 19.3. The quantitative estimate of drug-likeness (QED) is 0.417. The maximum Gasteiger partial charge on any atom is 0.253 e. The summed E-state index contributed by atoms with van der Waals surface area (Å²) in [6, 6.07) is 16.7. The molecule has 8 nitrogen and oxygen atoms in total. The van der Waals surface area contributed by atoms with E-state index in [-0.39, 0.29) is 11.7 Å². The Hall–Kier alpha value is -3.72. The van der Waals surface area contributed by atoms with E-state index in [0.717, 1.165) is 11.1 Å². The molecule has 33 heavy (non-hydrogen) atoms. The van der Waals surface area contributed by atoms with Crippen LogP contribution in [0.2, 0.25) is 0 Å². The second kappa shape index (κ2) is 9.41. The van der Waals surface area contributed by atoms with Gasteiger partial charge >= 0.3 is 0 Å². The lowest BCUT2D eigenvalue weighted by atomic mass is 10.1. The SMILES string of the molecule is CCS(=O)(=O)Nc1cc(C(=O)NCCc2ccncc2)c2c(c1)nc(-c1ccccc1)n2C. The van der Waals surface area contributed by atoms with Gasteiger partial charge in [0.25, 0.3) is 5.91 Å². The van der Waals surface area contributed by atoms with Gasteiger partial charge < -0.3 is 9.88 Å². The van der Waals surface area contributed by atoms with Crippen molar-refractivity contribution in [2.24, 2.45) is 7.05 Å². The zero-order chi connectivity index (χ0) is 23.4. The van der Waals surface area contributed by atoms with Crippen LogP contribution in [0.1, 0.15) is 22.8 Å². The van der Waals surface area contributed by atoms with Crippen LogP contribution in [-0.2, 0) is 23.5 Å². The summed E-state index contributed by atoms with van der Waals surface area (Å²) in [7, 11) is -1.67. The largest absolute Gasteiger partial charge is 0.352 e. The van der Waals surface area contributed by atoms with Gasteiger partial charge in [0.05, 0.1) is 28.0 Å². The molecule has 170 valence electrons. The molecule has 2 N–H and O–H groups in total. The molecule has 0 atom stereocenters. The van der Waals surface area contributed by atoms with Gasteiger partial charge in [-0.1, -0.05) is 30.3 Å². The van der Waals surface area contributed by atoms with Gasteiger partial charge in [-0.3, -0.25) is 14.5 Å². The fourth-order valence-electron chi connectivity index (χ4n) is 3.65. The molecular weight excluding hydrogens is 438 g/mol. The summed E-state index contributed by atoms with van der Waals surface area (Å²) >= 11 is 0. The Morgan fingerprint density at radius 2 is 1.79 bits per heavy atom. The van der Waals surface area contributed by atoms with Crippen molar-refractivity contribution in [3.8, 4) is 11.4 Å². The summed E-state index contributed by atoms with van der Waals surface area (Å²) in [4.78, 5) is 21.9. The molecule has 0 aliphatic rings. The van der Waals surface area contributed by atoms with Crippen molar-refractivity contribution in [1.29, 1.82) is 0 Å². The van der Waals surface area contributed by atoms with E-state index in [4.69, 9.17) is 4.98 Å². The Morgan fingerprint density at radius 1 is 1.06 bits per heavy atom. The highest BCUT2D eigenvalue weighted by Gasteiger charge is 2.20. The van der Waals surface area contributed by atoms with Crippen LogP contribution in [0.15, 0.2) is 67.0 Å². The van der Waals surface area contributed by atoms with Crippen LogP contribution in [0.25, 0.3) is 22.4 Å². The van der Waals surface area contributed by atoms with Gasteiger partial charge in [0.15, 0.2) is 0 Å². The molecule has 1 amide bonds. The van der Waals surface area contributed by atoms with Crippen molar-refractivity contribution in [2.75, 3.05) is 17.0 Å². The Kier molecular flexibility index (Phi) is 6.41. The lowest BCUT2D eigenvalue weighted by Crippen LogP contribution is -2.26. The number of carbonyl (C=O) groups is 1. The topological polar surface area (TPSA) is 106 Å². The Balaban J connectivity index is 1.73. The maximum atomic E-state index is 13.2. The molecule has 2 aromatic heterocycles. The van der Waals surface area contributed by atoms with Crippen LogP contribution in [0.5, 0.6) is 0 Å². The monoisotopic (exact) mass is 463 g/mol. The van der Waals surface area contributed by atoms with E-state index in [2.05, 4.69) is 15.0 Å². The molecule has 9 heteroatoms. The third-order valence-corrected chi connectivity index (χ3v) is 6.65. The van der Waals surface area contributed by atoms with Crippen molar-refractivity contribution in [2.45, 2.75) is 13.3 Å². The summed E-state index contributed by atoms with van der Waals surface area (Å²) < 4.78 is 28.7. The molecule has 2 aromatic carbocycles. The van der Waals surface area contributed by atoms with Crippen molar-refractivity contribution >= 4 is 32.7 Å². The van der Waals surface area contributed by atoms with E-state index < -0.39 is 10.0 Å². The highest BCUT2D eigenvalue weighted by Crippen LogP contribution is 2.29. The minimum absolute atomic E-state index is 0.0734. The molecule has 0 saturated heterocycles. The first-order valence-electron chi connectivity index (χ1n) is 10.6. The molecular formula is C24H25N5O3S. The highest BCUT2D eigenvalue weighted by molar-refractivity contribution is 7.92. The standard InChI is InChI=1S/C24H25N5O3S/c1-3-33(31,32)28-19-15-20(24(30)26-14-11-17-9-12-25-13-10-17)22-21(16-19)27-23(29(22)2)18-7-5-4-6-8-18/h4-10,12-13,15-16,28H,3,11,14H2,1-2H3,(H,26,30). The van der Waals surface area contributed by atoms with Crippen molar-refractivity contribution in [1.82, 2.24) is 19.9 Å². The number of sulfonamides is 1. The smallest absolute Gasteiger partial charge is 0.253 e. The second-order valence-corrected chi connectivity index (χ2v) is 9.63. The molecule has 0 bridgehead atoms. The number of aryl methyl sites for hydroxylation is 1. The first kappa shape index (κ1) is 22.5. The summed E-state index contributed by atoms with van der Waals surface area (Å²) in [6.07, 6.45) is 4.08. The molecule has 2 heterocycles. The molecule has 0 saturated carbocycles. The number of hydrogen-bond donors (Lipinski definition) is 2. The van der Waals surface area contributed by atoms with Gasteiger partial charge in [-0.15, -0.1) is 0 Å². The van der Waals surface area contributed by atoms with Crippen LogP contribution in [-0.4, -0.2) is 41.2 Å². The van der Waals surface area contributed by atoms with Crippen LogP contribution in [0.3, 0.4) is 0 Å². The molecule has 4 rings (SSSR count). The van der Waals surface area contributed by atoms with Gasteiger partial charge in [-0.25, -0.2) is 13.4 Å². The van der Waals surface area contributed by atoms with E-state index in [1.165, 1.54) is 0 Å². The van der Waals surface area contributed by atoms with Crippen molar-refractivity contribution in [3.63, 3.8) is 0 Å². The zero-order valence-electron chi connectivity index (χ0n) is 18.4. The number of nitrogens with one attached hydrogen (secondary N) is 2. The lowest BCUT2D eigenvalue weighted by molar-refractivity contribution is 0.0955. The number of imidazole rings is 1. The number of nitrogens with zero attached hydrogens (tertiary/aromatic N) is 3. The fraction of sp³-hybridized carbons (Fsp3) is 0.208. The van der Waals surface area contributed by atoms with Crippen molar-refractivity contribution < 1.29 is 13.2 Å². The van der Waals surface area contributed by atoms with E-state index >= 15 is 0 Å². The molecule has 0 spiro atoms. The normalized spacial score (nSPS) is 11.5. The van der Waals surface area contributed by atoms with E-state index in [1.54, 1.807) is 31.5 Å². The summed E-state index contributed by atoms with van der Waals surface area (Å²) in [5.74, 6) is 0.317. The lowest BCUT2D eigenvalue weighted by Gasteiger charge is -2.12. The number of carbonyl (C=O) groups excluding carboxylic acids is 1. The maximum absolute atomic E-state index is 13.2. The van der Waals surface area contributed by atoms with E-state index in [1.807, 2.05) is 54.1 Å². The number of fused-ring (bicyclic) bond motifs is 1. The average Bonchev–Trinajstić information content (AvgIpc) is 3.15. The summed E-state index contributed by atoms with van der Waals surface area (Å²) in [5, 5.41) is 2.94. The Labute approximate surface area is 192 Å². The predicted octanol–water partition coefficient (Wildman–Crippen LogP) is 3.37. The van der Waals surface area contributed by atoms with Gasteiger partial charge in [0.1, 0.15) is 5.82 Å². The highest BCUT2D eigenvalue weighted by atomic mass is 32.2. The number of pyridine rings is 1. The number of hydrogen-bond acceptors (Lipinski definition) is 5. The molecule has 0 aliphatic carbocycles. The molecule has 0 aliphatic heterocycles. The van der Waals surface area contributed by atoms with Crippen molar-refractivity contribution in [3.05, 3.63) is 78.1 Å². The third kappa shape index (κ3) is 5.04. The first-order chi connectivity index (χ1) is 15.9. The van der Waals surface area contributed by atoms with Crippen LogP contribution >= 0.6 is 0 Å². The molecule has 0 unspecified atom stereocenters. The van der Waals surface area contributed by atoms with E-state index in [9.17, 15) is 13.2 Å². The van der Waals surface area contributed by atoms with Crippen LogP contribution < -0.4 is 10.0 Å². The average molecular weight is 464 g/mol. The van der Waals surface area contributed by atoms with Crippen LogP contribution in [0, 0.1) is 0 Å². The summed E-state index contributed by atoms with van der Waals surface area (Å²) in [5.41, 5.74) is 3.79. The Morgan fingerprint density at radius 3 is 2.48 bits per heavy atom. The number of anilines is 1. The number of benzene rings is 2. The van der Waals surface area contributed by atoms with Gasteiger partial charge in [-0.05, 0) is 43.2 Å². The molecule has 4 aromatic rings. The summed E-state index contributed by atoms with van der Waals surface area (Å²) in [6.45, 7) is 1.99. The number of aromatic nitrogens is 3. The molecule has 0 fully saturated rings. The van der Waals surface area contributed by atoms with Gasteiger partial charge in [-0.2, -0.15) is 0 Å². The first-order valence-corrected chi connectivity index (χ1v) is 12.3. The van der Waals surface area contributed by atoms with Crippen LogP contribution in [0.4, 0.5) is 5.69 Å².